The fourth-order valence-corrected chi connectivity index (χ4v) is 6.71. The maximum atomic E-state index is 6.43. The smallest absolute Gasteiger partial charge is 0.141 e. The highest BCUT2D eigenvalue weighted by Gasteiger charge is 2.22. The Balaban J connectivity index is 1.57. The van der Waals surface area contributed by atoms with Crippen molar-refractivity contribution in [3.05, 3.63) is 128 Å². The standard InChI is InChI=1S/C42H41B2N3/c1-5-8-11-14-29(4)47(34-16-12-10-13-17-34)35-22-18-31(19-23-35)42-45-40-38-26-32(43)20-24-36(38)37-25-21-33(44)27-39(37)41(40)46(42)28-30(7-3)15-9-6-2/h5,8,10-14,16-27,30H,1,6-7,9,15,28H2,2-4H3/b11-8-,29-14+. The number of para-hydroxylation sites is 1. The lowest BCUT2D eigenvalue weighted by Crippen LogP contribution is -2.14. The topological polar surface area (TPSA) is 21.1 Å². The second-order valence-electron chi connectivity index (χ2n) is 12.4. The van der Waals surface area contributed by atoms with Gasteiger partial charge in [-0.3, -0.25) is 0 Å². The number of aromatic nitrogens is 2. The number of imidazole rings is 1. The van der Waals surface area contributed by atoms with Crippen LogP contribution in [0.1, 0.15) is 46.5 Å². The number of allylic oxidation sites excluding steroid dienone is 5. The van der Waals surface area contributed by atoms with Crippen LogP contribution in [0.4, 0.5) is 11.4 Å². The Morgan fingerprint density at radius 3 is 2.15 bits per heavy atom. The van der Waals surface area contributed by atoms with E-state index < -0.39 is 0 Å². The Bertz CT molecular complexity index is 2090. The van der Waals surface area contributed by atoms with Crippen LogP contribution in [0.2, 0.25) is 0 Å². The molecule has 0 N–H and O–H groups in total. The van der Waals surface area contributed by atoms with Gasteiger partial charge in [0.05, 0.1) is 11.0 Å². The summed E-state index contributed by atoms with van der Waals surface area (Å²) in [7, 11) is 12.8. The fraction of sp³-hybridized carbons (Fsp3) is 0.214. The normalized spacial score (nSPS) is 12.8. The first-order valence-electron chi connectivity index (χ1n) is 16.8. The number of nitrogens with zero attached hydrogens (tertiary/aromatic N) is 3. The van der Waals surface area contributed by atoms with Crippen LogP contribution in [-0.4, -0.2) is 25.2 Å². The molecule has 3 nitrogen and oxygen atoms in total. The maximum Gasteiger partial charge on any atom is 0.141 e. The van der Waals surface area contributed by atoms with Crippen LogP contribution < -0.4 is 15.8 Å². The van der Waals surface area contributed by atoms with Crippen molar-refractivity contribution in [2.45, 2.75) is 53.0 Å². The van der Waals surface area contributed by atoms with Crippen molar-refractivity contribution in [1.29, 1.82) is 0 Å². The second kappa shape index (κ2) is 14.3. The van der Waals surface area contributed by atoms with Crippen molar-refractivity contribution in [3.63, 3.8) is 0 Å². The summed E-state index contributed by atoms with van der Waals surface area (Å²) in [5.74, 6) is 1.50. The van der Waals surface area contributed by atoms with Gasteiger partial charge in [0.2, 0.25) is 0 Å². The van der Waals surface area contributed by atoms with Gasteiger partial charge in [-0.25, -0.2) is 4.98 Å². The van der Waals surface area contributed by atoms with Crippen molar-refractivity contribution in [2.24, 2.45) is 5.92 Å². The highest BCUT2D eigenvalue weighted by Crippen LogP contribution is 2.39. The van der Waals surface area contributed by atoms with Gasteiger partial charge >= 0.3 is 0 Å². The molecule has 47 heavy (non-hydrogen) atoms. The number of benzene rings is 5. The van der Waals surface area contributed by atoms with Crippen LogP contribution >= 0.6 is 0 Å². The molecule has 0 spiro atoms. The summed E-state index contributed by atoms with van der Waals surface area (Å²) in [4.78, 5) is 7.71. The van der Waals surface area contributed by atoms with Crippen LogP contribution in [-0.2, 0) is 6.54 Å². The lowest BCUT2D eigenvalue weighted by molar-refractivity contribution is 0.397. The zero-order valence-corrected chi connectivity index (χ0v) is 27.8. The molecule has 1 aromatic heterocycles. The quantitative estimate of drug-likeness (QED) is 0.0783. The summed E-state index contributed by atoms with van der Waals surface area (Å²) in [5, 5.41) is 4.50. The van der Waals surface area contributed by atoms with Crippen LogP contribution in [0.25, 0.3) is 44.0 Å². The lowest BCUT2D eigenvalue weighted by atomic mass is 9.88. The van der Waals surface area contributed by atoms with E-state index in [4.69, 9.17) is 20.7 Å². The van der Waals surface area contributed by atoms with Gasteiger partial charge in [-0.15, -0.1) is 0 Å². The third-order valence-corrected chi connectivity index (χ3v) is 9.17. The van der Waals surface area contributed by atoms with Crippen LogP contribution in [0.3, 0.4) is 0 Å². The molecule has 0 aliphatic heterocycles. The zero-order valence-electron chi connectivity index (χ0n) is 27.8. The van der Waals surface area contributed by atoms with Crippen molar-refractivity contribution < 1.29 is 0 Å². The molecule has 0 aliphatic rings. The molecular formula is C42H41B2N3. The first-order chi connectivity index (χ1) is 22.9. The van der Waals surface area contributed by atoms with Crippen LogP contribution in [0.15, 0.2) is 128 Å². The molecule has 1 unspecified atom stereocenters. The first kappa shape index (κ1) is 32.2. The summed E-state index contributed by atoms with van der Waals surface area (Å²) in [6, 6.07) is 31.7. The van der Waals surface area contributed by atoms with Crippen LogP contribution in [0.5, 0.6) is 0 Å². The molecule has 1 heterocycles. The average molecular weight is 609 g/mol. The number of rotatable bonds is 12. The minimum atomic E-state index is 0.531. The summed E-state index contributed by atoms with van der Waals surface area (Å²) >= 11 is 0. The van der Waals surface area contributed by atoms with E-state index in [1.165, 1.54) is 19.3 Å². The summed E-state index contributed by atoms with van der Waals surface area (Å²) < 4.78 is 2.46. The monoisotopic (exact) mass is 609 g/mol. The Morgan fingerprint density at radius 1 is 0.830 bits per heavy atom. The first-order valence-corrected chi connectivity index (χ1v) is 16.8. The largest absolute Gasteiger partial charge is 0.323 e. The molecule has 6 rings (SSSR count). The molecular weight excluding hydrogens is 568 g/mol. The Hall–Kier alpha value is -4.76. The Kier molecular flexibility index (Phi) is 9.82. The van der Waals surface area contributed by atoms with E-state index in [-0.39, 0.29) is 0 Å². The van der Waals surface area contributed by atoms with Gasteiger partial charge in [0.25, 0.3) is 0 Å². The zero-order chi connectivity index (χ0) is 32.9. The number of hydrogen-bond donors (Lipinski definition) is 0. The predicted octanol–water partition coefficient (Wildman–Crippen LogP) is 9.60. The van der Waals surface area contributed by atoms with E-state index in [0.717, 1.165) is 84.9 Å². The van der Waals surface area contributed by atoms with E-state index in [9.17, 15) is 0 Å². The van der Waals surface area contributed by atoms with Gasteiger partial charge < -0.3 is 9.47 Å². The average Bonchev–Trinajstić information content (AvgIpc) is 3.47. The molecule has 230 valence electrons. The summed E-state index contributed by atoms with van der Waals surface area (Å²) in [6.07, 6.45) is 12.6. The molecule has 6 aromatic rings. The molecule has 0 amide bonds. The summed E-state index contributed by atoms with van der Waals surface area (Å²) in [6.45, 7) is 11.4. The molecule has 0 aliphatic carbocycles. The highest BCUT2D eigenvalue weighted by atomic mass is 15.1. The molecule has 0 saturated carbocycles. The Morgan fingerprint density at radius 2 is 1.49 bits per heavy atom. The van der Waals surface area contributed by atoms with E-state index >= 15 is 0 Å². The van der Waals surface area contributed by atoms with Crippen molar-refractivity contribution in [2.75, 3.05) is 4.90 Å². The molecule has 0 fully saturated rings. The highest BCUT2D eigenvalue weighted by molar-refractivity contribution is 6.37. The second-order valence-corrected chi connectivity index (χ2v) is 12.4. The molecule has 4 radical (unpaired) electrons. The number of anilines is 2. The van der Waals surface area contributed by atoms with E-state index in [1.807, 2.05) is 30.4 Å². The molecule has 5 aromatic carbocycles. The van der Waals surface area contributed by atoms with E-state index in [0.29, 0.717) is 5.92 Å². The van der Waals surface area contributed by atoms with Crippen molar-refractivity contribution in [3.8, 4) is 11.4 Å². The number of unbranched alkanes of at least 4 members (excludes halogenated alkanes) is 1. The Labute approximate surface area is 282 Å². The SMILES string of the molecule is [B]c1ccc2c3ccc([B])cc3c3c(nc(-c4ccc(N(/C(C)=C/C=C\C=C)c5ccccc5)cc4)n3CC(CC)CCCC)c2c1. The van der Waals surface area contributed by atoms with Gasteiger partial charge in [0.1, 0.15) is 21.5 Å². The minimum Gasteiger partial charge on any atom is -0.323 e. The van der Waals surface area contributed by atoms with Gasteiger partial charge in [-0.1, -0.05) is 123 Å². The van der Waals surface area contributed by atoms with Gasteiger partial charge in [0, 0.05) is 40.0 Å². The fourth-order valence-electron chi connectivity index (χ4n) is 6.71. The molecule has 0 bridgehead atoms. The summed E-state index contributed by atoms with van der Waals surface area (Å²) in [5.41, 5.74) is 7.92. The third kappa shape index (κ3) is 6.58. The molecule has 5 heteroatoms. The van der Waals surface area contributed by atoms with Crippen LogP contribution in [0, 0.1) is 5.92 Å². The van der Waals surface area contributed by atoms with Crippen molar-refractivity contribution in [1.82, 2.24) is 9.55 Å². The predicted molar refractivity (Wildman–Crippen MR) is 206 cm³/mol. The maximum absolute atomic E-state index is 6.43. The van der Waals surface area contributed by atoms with Crippen molar-refractivity contribution >= 4 is 70.6 Å². The minimum absolute atomic E-state index is 0.531. The van der Waals surface area contributed by atoms with Gasteiger partial charge in [0.15, 0.2) is 0 Å². The third-order valence-electron chi connectivity index (χ3n) is 9.17. The molecule has 1 atom stereocenters. The van der Waals surface area contributed by atoms with E-state index in [1.54, 1.807) is 6.08 Å². The van der Waals surface area contributed by atoms with E-state index in [2.05, 4.69) is 116 Å². The molecule has 0 saturated heterocycles. The lowest BCUT2D eigenvalue weighted by Gasteiger charge is -2.26. The number of fused-ring (bicyclic) bond motifs is 6. The van der Waals surface area contributed by atoms with Gasteiger partial charge in [-0.2, -0.15) is 0 Å². The number of hydrogen-bond acceptors (Lipinski definition) is 2. The van der Waals surface area contributed by atoms with Gasteiger partial charge in [-0.05, 0) is 72.5 Å².